The van der Waals surface area contributed by atoms with Crippen LogP contribution in [0.2, 0.25) is 0 Å². The molecule has 1 aromatic carbocycles. The quantitative estimate of drug-likeness (QED) is 0.805. The predicted octanol–water partition coefficient (Wildman–Crippen LogP) is 1.54. The number of benzene rings is 1. The van der Waals surface area contributed by atoms with E-state index in [-0.39, 0.29) is 12.0 Å². The highest BCUT2D eigenvalue weighted by Crippen LogP contribution is 2.11. The van der Waals surface area contributed by atoms with Gasteiger partial charge in [-0.3, -0.25) is 4.79 Å². The topological polar surface area (TPSA) is 64.3 Å². The van der Waals surface area contributed by atoms with Gasteiger partial charge in [-0.1, -0.05) is 29.8 Å². The van der Waals surface area contributed by atoms with Gasteiger partial charge in [0, 0.05) is 13.2 Å². The Morgan fingerprint density at radius 1 is 1.39 bits per heavy atom. The number of nitrogens with two attached hydrogens (primary N) is 1. The van der Waals surface area contributed by atoms with Crippen LogP contribution in [-0.2, 0) is 9.53 Å². The Kier molecular flexibility index (Phi) is 5.82. The number of hydrogen-bond donors (Lipinski definition) is 2. The summed E-state index contributed by atoms with van der Waals surface area (Å²) in [5.41, 5.74) is 7.87. The van der Waals surface area contributed by atoms with Crippen molar-refractivity contribution in [1.29, 1.82) is 0 Å². The third-order valence-electron chi connectivity index (χ3n) is 2.73. The average Bonchev–Trinajstić information content (AvgIpc) is 2.36. The van der Waals surface area contributed by atoms with Crippen LogP contribution < -0.4 is 11.1 Å². The zero-order valence-corrected chi connectivity index (χ0v) is 11.3. The lowest BCUT2D eigenvalue weighted by Crippen LogP contribution is -2.38. The fourth-order valence-corrected chi connectivity index (χ4v) is 1.62. The number of carbonyl (C=O) groups is 1. The van der Waals surface area contributed by atoms with E-state index in [1.807, 2.05) is 45.0 Å². The van der Waals surface area contributed by atoms with Gasteiger partial charge in [0.1, 0.15) is 6.04 Å². The van der Waals surface area contributed by atoms with Gasteiger partial charge in [0.25, 0.3) is 0 Å². The minimum Gasteiger partial charge on any atom is -0.377 e. The Hall–Kier alpha value is -1.39. The molecule has 0 heterocycles. The highest BCUT2D eigenvalue weighted by Gasteiger charge is 2.15. The molecule has 0 radical (unpaired) electrons. The first-order valence-corrected chi connectivity index (χ1v) is 6.26. The van der Waals surface area contributed by atoms with Gasteiger partial charge in [-0.05, 0) is 26.3 Å². The Balaban J connectivity index is 2.48. The normalized spacial score (nSPS) is 14.0. The molecule has 18 heavy (non-hydrogen) atoms. The van der Waals surface area contributed by atoms with Crippen molar-refractivity contribution in [2.45, 2.75) is 32.9 Å². The first-order chi connectivity index (χ1) is 8.54. The van der Waals surface area contributed by atoms with Crippen LogP contribution in [0.4, 0.5) is 0 Å². The summed E-state index contributed by atoms with van der Waals surface area (Å²) < 4.78 is 5.34. The number of hydrogen-bond acceptors (Lipinski definition) is 3. The lowest BCUT2D eigenvalue weighted by atomic mass is 10.1. The van der Waals surface area contributed by atoms with Crippen LogP contribution in [0.3, 0.4) is 0 Å². The maximum Gasteiger partial charge on any atom is 0.241 e. The van der Waals surface area contributed by atoms with Crippen molar-refractivity contribution in [1.82, 2.24) is 5.32 Å². The molecule has 1 rings (SSSR count). The lowest BCUT2D eigenvalue weighted by Gasteiger charge is -2.16. The molecule has 1 aromatic rings. The van der Waals surface area contributed by atoms with Gasteiger partial charge < -0.3 is 15.8 Å². The van der Waals surface area contributed by atoms with Crippen molar-refractivity contribution in [3.63, 3.8) is 0 Å². The largest absolute Gasteiger partial charge is 0.377 e. The zero-order valence-electron chi connectivity index (χ0n) is 11.3. The molecule has 1 amide bonds. The molecule has 2 unspecified atom stereocenters. The van der Waals surface area contributed by atoms with Gasteiger partial charge >= 0.3 is 0 Å². The standard InChI is InChI=1S/C14H22N2O2/c1-4-18-11(3)9-16-14(17)13(15)12-7-5-10(2)6-8-12/h5-8,11,13H,4,9,15H2,1-3H3,(H,16,17). The van der Waals surface area contributed by atoms with E-state index in [0.29, 0.717) is 13.2 Å². The second kappa shape index (κ2) is 7.13. The molecular weight excluding hydrogens is 228 g/mol. The van der Waals surface area contributed by atoms with Crippen molar-refractivity contribution in [3.8, 4) is 0 Å². The summed E-state index contributed by atoms with van der Waals surface area (Å²) in [6.45, 7) is 6.96. The molecule has 0 saturated heterocycles. The van der Waals surface area contributed by atoms with E-state index in [2.05, 4.69) is 5.32 Å². The molecule has 3 N–H and O–H groups in total. The molecular formula is C14H22N2O2. The van der Waals surface area contributed by atoms with Crippen LogP contribution in [-0.4, -0.2) is 25.2 Å². The van der Waals surface area contributed by atoms with E-state index in [9.17, 15) is 4.79 Å². The van der Waals surface area contributed by atoms with Gasteiger partial charge in [-0.15, -0.1) is 0 Å². The van der Waals surface area contributed by atoms with Gasteiger partial charge in [-0.25, -0.2) is 0 Å². The number of ether oxygens (including phenoxy) is 1. The van der Waals surface area contributed by atoms with Crippen LogP contribution in [0.5, 0.6) is 0 Å². The van der Waals surface area contributed by atoms with Gasteiger partial charge in [0.2, 0.25) is 5.91 Å². The minimum atomic E-state index is -0.626. The van der Waals surface area contributed by atoms with Crippen molar-refractivity contribution in [2.24, 2.45) is 5.73 Å². The average molecular weight is 250 g/mol. The van der Waals surface area contributed by atoms with E-state index in [0.717, 1.165) is 11.1 Å². The number of amides is 1. The number of rotatable bonds is 6. The van der Waals surface area contributed by atoms with Crippen LogP contribution in [0.1, 0.15) is 31.0 Å². The SMILES string of the molecule is CCOC(C)CNC(=O)C(N)c1ccc(C)cc1. The molecule has 0 aromatic heterocycles. The van der Waals surface area contributed by atoms with Crippen molar-refractivity contribution < 1.29 is 9.53 Å². The van der Waals surface area contributed by atoms with Gasteiger partial charge in [-0.2, -0.15) is 0 Å². The first kappa shape index (κ1) is 14.7. The predicted molar refractivity (Wildman–Crippen MR) is 72.2 cm³/mol. The van der Waals surface area contributed by atoms with E-state index in [4.69, 9.17) is 10.5 Å². The van der Waals surface area contributed by atoms with E-state index in [1.165, 1.54) is 0 Å². The van der Waals surface area contributed by atoms with Crippen LogP contribution in [0, 0.1) is 6.92 Å². The molecule has 2 atom stereocenters. The second-order valence-corrected chi connectivity index (χ2v) is 4.40. The summed E-state index contributed by atoms with van der Waals surface area (Å²) in [5, 5.41) is 2.79. The highest BCUT2D eigenvalue weighted by atomic mass is 16.5. The van der Waals surface area contributed by atoms with E-state index < -0.39 is 6.04 Å². The summed E-state index contributed by atoms with van der Waals surface area (Å²) >= 11 is 0. The van der Waals surface area contributed by atoms with Crippen molar-refractivity contribution >= 4 is 5.91 Å². The first-order valence-electron chi connectivity index (χ1n) is 6.26. The highest BCUT2D eigenvalue weighted by molar-refractivity contribution is 5.82. The number of carbonyl (C=O) groups excluding carboxylic acids is 1. The molecule has 0 aliphatic carbocycles. The second-order valence-electron chi connectivity index (χ2n) is 4.40. The fraction of sp³-hybridized carbons (Fsp3) is 0.500. The number of aryl methyl sites for hydroxylation is 1. The molecule has 0 aliphatic heterocycles. The minimum absolute atomic E-state index is 0.00386. The Morgan fingerprint density at radius 3 is 2.56 bits per heavy atom. The molecule has 0 fully saturated rings. The van der Waals surface area contributed by atoms with Gasteiger partial charge in [0.15, 0.2) is 0 Å². The maximum atomic E-state index is 11.8. The molecule has 100 valence electrons. The monoisotopic (exact) mass is 250 g/mol. The summed E-state index contributed by atoms with van der Waals surface area (Å²) in [7, 11) is 0. The molecule has 4 heteroatoms. The van der Waals surface area contributed by atoms with Crippen LogP contribution in [0.15, 0.2) is 24.3 Å². The van der Waals surface area contributed by atoms with Crippen molar-refractivity contribution in [2.75, 3.05) is 13.2 Å². The summed E-state index contributed by atoms with van der Waals surface area (Å²) in [4.78, 5) is 11.8. The fourth-order valence-electron chi connectivity index (χ4n) is 1.62. The maximum absolute atomic E-state index is 11.8. The Labute approximate surface area is 109 Å². The van der Waals surface area contributed by atoms with Gasteiger partial charge in [0.05, 0.1) is 6.10 Å². The van der Waals surface area contributed by atoms with Crippen molar-refractivity contribution in [3.05, 3.63) is 35.4 Å². The summed E-state index contributed by atoms with van der Waals surface area (Å²) in [6.07, 6.45) is 0.00386. The summed E-state index contributed by atoms with van der Waals surface area (Å²) in [5.74, 6) is -0.176. The molecule has 0 bridgehead atoms. The Bertz CT molecular complexity index is 376. The zero-order chi connectivity index (χ0) is 13.5. The molecule has 0 saturated carbocycles. The molecule has 4 nitrogen and oxygen atoms in total. The number of nitrogens with one attached hydrogen (secondary N) is 1. The lowest BCUT2D eigenvalue weighted by molar-refractivity contribution is -0.123. The molecule has 0 spiro atoms. The Morgan fingerprint density at radius 2 is 2.00 bits per heavy atom. The summed E-state index contributed by atoms with van der Waals surface area (Å²) in [6, 6.07) is 7.03. The van der Waals surface area contributed by atoms with Crippen LogP contribution >= 0.6 is 0 Å². The van der Waals surface area contributed by atoms with E-state index >= 15 is 0 Å². The van der Waals surface area contributed by atoms with Crippen LogP contribution in [0.25, 0.3) is 0 Å². The third kappa shape index (κ3) is 4.47. The third-order valence-corrected chi connectivity index (χ3v) is 2.73. The smallest absolute Gasteiger partial charge is 0.241 e. The molecule has 0 aliphatic rings. The van der Waals surface area contributed by atoms with E-state index in [1.54, 1.807) is 0 Å².